The van der Waals surface area contributed by atoms with Crippen molar-refractivity contribution in [2.75, 3.05) is 0 Å². The number of fused-ring (bicyclic) bond motifs is 2. The summed E-state index contributed by atoms with van der Waals surface area (Å²) in [5.41, 5.74) is 5.40. The standard InChI is InChI=1S/C18H26O/c1-11-6-12(2)16(13(3)7-11)10-18(19)17-9-14-4-5-15(17)8-14/h6-7,14-15,17-19H,4-5,8-10H2,1-3H3. The van der Waals surface area contributed by atoms with Crippen LogP contribution in [0.25, 0.3) is 0 Å². The van der Waals surface area contributed by atoms with Crippen LogP contribution >= 0.6 is 0 Å². The van der Waals surface area contributed by atoms with Crippen LogP contribution in [0.3, 0.4) is 0 Å². The molecule has 2 fully saturated rings. The molecule has 0 heterocycles. The smallest absolute Gasteiger partial charge is 0.0611 e. The molecule has 4 unspecified atom stereocenters. The van der Waals surface area contributed by atoms with Gasteiger partial charge < -0.3 is 5.11 Å². The fraction of sp³-hybridized carbons (Fsp3) is 0.667. The number of benzene rings is 1. The summed E-state index contributed by atoms with van der Waals surface area (Å²) in [5, 5.41) is 10.6. The fourth-order valence-corrected chi connectivity index (χ4v) is 4.66. The average Bonchev–Trinajstić information content (AvgIpc) is 2.95. The highest BCUT2D eigenvalue weighted by atomic mass is 16.3. The van der Waals surface area contributed by atoms with Gasteiger partial charge in [0.1, 0.15) is 0 Å². The minimum atomic E-state index is -0.129. The number of aliphatic hydroxyl groups excluding tert-OH is 1. The van der Waals surface area contributed by atoms with Crippen molar-refractivity contribution in [3.63, 3.8) is 0 Å². The summed E-state index contributed by atoms with van der Waals surface area (Å²) in [5.74, 6) is 2.30. The van der Waals surface area contributed by atoms with E-state index in [1.165, 1.54) is 47.9 Å². The molecule has 1 aromatic rings. The van der Waals surface area contributed by atoms with E-state index in [4.69, 9.17) is 0 Å². The van der Waals surface area contributed by atoms with E-state index < -0.39 is 0 Å². The molecule has 1 nitrogen and oxygen atoms in total. The third kappa shape index (κ3) is 2.45. The molecule has 2 saturated carbocycles. The van der Waals surface area contributed by atoms with Crippen LogP contribution in [0.4, 0.5) is 0 Å². The van der Waals surface area contributed by atoms with Crippen molar-refractivity contribution < 1.29 is 5.11 Å². The molecule has 1 N–H and O–H groups in total. The highest BCUT2D eigenvalue weighted by molar-refractivity contribution is 5.38. The first-order valence-electron chi connectivity index (χ1n) is 7.79. The second kappa shape index (κ2) is 4.94. The molecule has 0 amide bonds. The van der Waals surface area contributed by atoms with Crippen LogP contribution in [-0.2, 0) is 6.42 Å². The highest BCUT2D eigenvalue weighted by Gasteiger charge is 2.42. The van der Waals surface area contributed by atoms with Gasteiger partial charge in [0.15, 0.2) is 0 Å². The molecular weight excluding hydrogens is 232 g/mol. The monoisotopic (exact) mass is 258 g/mol. The first-order chi connectivity index (χ1) is 9.04. The van der Waals surface area contributed by atoms with Gasteiger partial charge in [0.25, 0.3) is 0 Å². The van der Waals surface area contributed by atoms with E-state index in [-0.39, 0.29) is 6.10 Å². The Hall–Kier alpha value is -0.820. The van der Waals surface area contributed by atoms with Crippen molar-refractivity contribution in [1.29, 1.82) is 0 Å². The Morgan fingerprint density at radius 3 is 2.32 bits per heavy atom. The molecule has 0 aromatic heterocycles. The number of aliphatic hydroxyl groups is 1. The zero-order valence-electron chi connectivity index (χ0n) is 12.4. The molecule has 0 aliphatic heterocycles. The molecule has 19 heavy (non-hydrogen) atoms. The summed E-state index contributed by atoms with van der Waals surface area (Å²) >= 11 is 0. The zero-order chi connectivity index (χ0) is 13.6. The van der Waals surface area contributed by atoms with Crippen molar-refractivity contribution in [2.45, 2.75) is 59.0 Å². The fourth-order valence-electron chi connectivity index (χ4n) is 4.66. The summed E-state index contributed by atoms with van der Waals surface area (Å²) in [6.45, 7) is 6.52. The Morgan fingerprint density at radius 1 is 1.11 bits per heavy atom. The topological polar surface area (TPSA) is 20.2 Å². The van der Waals surface area contributed by atoms with E-state index in [0.29, 0.717) is 5.92 Å². The normalized spacial score (nSPS) is 30.8. The van der Waals surface area contributed by atoms with Crippen molar-refractivity contribution in [1.82, 2.24) is 0 Å². The molecule has 2 aliphatic rings. The quantitative estimate of drug-likeness (QED) is 0.870. The van der Waals surface area contributed by atoms with Gasteiger partial charge in [0.2, 0.25) is 0 Å². The summed E-state index contributed by atoms with van der Waals surface area (Å²) < 4.78 is 0. The molecule has 0 saturated heterocycles. The molecule has 2 aliphatic carbocycles. The van der Waals surface area contributed by atoms with Crippen molar-refractivity contribution >= 4 is 0 Å². The number of hydrogen-bond acceptors (Lipinski definition) is 1. The molecule has 0 spiro atoms. The van der Waals surface area contributed by atoms with Gasteiger partial charge >= 0.3 is 0 Å². The predicted molar refractivity (Wildman–Crippen MR) is 79.3 cm³/mol. The van der Waals surface area contributed by atoms with E-state index in [2.05, 4.69) is 32.9 Å². The second-order valence-electron chi connectivity index (χ2n) is 6.99. The summed E-state index contributed by atoms with van der Waals surface area (Å²) in [7, 11) is 0. The number of aryl methyl sites for hydroxylation is 3. The third-order valence-electron chi connectivity index (χ3n) is 5.54. The van der Waals surface area contributed by atoms with Crippen LogP contribution in [0.5, 0.6) is 0 Å². The first kappa shape index (κ1) is 13.2. The van der Waals surface area contributed by atoms with Gasteiger partial charge in [-0.2, -0.15) is 0 Å². The minimum absolute atomic E-state index is 0.129. The zero-order valence-corrected chi connectivity index (χ0v) is 12.4. The van der Waals surface area contributed by atoms with Crippen LogP contribution in [-0.4, -0.2) is 11.2 Å². The van der Waals surface area contributed by atoms with Crippen LogP contribution in [0.15, 0.2) is 12.1 Å². The highest BCUT2D eigenvalue weighted by Crippen LogP contribution is 2.50. The largest absolute Gasteiger partial charge is 0.392 e. The molecule has 3 rings (SSSR count). The summed E-state index contributed by atoms with van der Waals surface area (Å²) in [6.07, 6.45) is 6.15. The van der Waals surface area contributed by atoms with Crippen LogP contribution in [0, 0.1) is 38.5 Å². The molecule has 2 bridgehead atoms. The van der Waals surface area contributed by atoms with Crippen molar-refractivity contribution in [2.24, 2.45) is 17.8 Å². The summed E-state index contributed by atoms with van der Waals surface area (Å²) in [4.78, 5) is 0. The van der Waals surface area contributed by atoms with E-state index >= 15 is 0 Å². The maximum Gasteiger partial charge on any atom is 0.0611 e. The Kier molecular flexibility index (Phi) is 3.42. The number of rotatable bonds is 3. The lowest BCUT2D eigenvalue weighted by atomic mass is 9.81. The SMILES string of the molecule is Cc1cc(C)c(CC(O)C2CC3CCC2C3)c(C)c1. The van der Waals surface area contributed by atoms with Crippen molar-refractivity contribution in [3.05, 3.63) is 34.4 Å². The Labute approximate surface area is 117 Å². The predicted octanol–water partition coefficient (Wildman–Crippen LogP) is 3.95. The molecule has 1 heteroatoms. The van der Waals surface area contributed by atoms with Crippen molar-refractivity contribution in [3.8, 4) is 0 Å². The molecule has 1 aromatic carbocycles. The van der Waals surface area contributed by atoms with Gasteiger partial charge in [-0.05, 0) is 80.9 Å². The minimum Gasteiger partial charge on any atom is -0.392 e. The Balaban J connectivity index is 1.75. The van der Waals surface area contributed by atoms with E-state index in [1.807, 2.05) is 0 Å². The average molecular weight is 258 g/mol. The van der Waals surface area contributed by atoms with E-state index in [0.717, 1.165) is 18.3 Å². The maximum absolute atomic E-state index is 10.6. The number of hydrogen-bond donors (Lipinski definition) is 1. The lowest BCUT2D eigenvalue weighted by Gasteiger charge is -2.27. The second-order valence-corrected chi connectivity index (χ2v) is 6.99. The lowest BCUT2D eigenvalue weighted by molar-refractivity contribution is 0.0748. The molecular formula is C18H26O. The van der Waals surface area contributed by atoms with Gasteiger partial charge in [0.05, 0.1) is 6.10 Å². The van der Waals surface area contributed by atoms with Gasteiger partial charge in [-0.15, -0.1) is 0 Å². The Bertz CT molecular complexity index is 454. The van der Waals surface area contributed by atoms with Gasteiger partial charge in [-0.25, -0.2) is 0 Å². The van der Waals surface area contributed by atoms with Crippen LogP contribution in [0.1, 0.15) is 47.9 Å². The van der Waals surface area contributed by atoms with Crippen LogP contribution in [0.2, 0.25) is 0 Å². The first-order valence-corrected chi connectivity index (χ1v) is 7.79. The van der Waals surface area contributed by atoms with Crippen LogP contribution < -0.4 is 0 Å². The lowest BCUT2D eigenvalue weighted by Crippen LogP contribution is -2.28. The molecule has 0 radical (unpaired) electrons. The van der Waals surface area contributed by atoms with E-state index in [9.17, 15) is 5.11 Å². The van der Waals surface area contributed by atoms with E-state index in [1.54, 1.807) is 0 Å². The third-order valence-corrected chi connectivity index (χ3v) is 5.54. The molecule has 4 atom stereocenters. The van der Waals surface area contributed by atoms with Gasteiger partial charge in [0, 0.05) is 0 Å². The van der Waals surface area contributed by atoms with Gasteiger partial charge in [-0.3, -0.25) is 0 Å². The molecule has 104 valence electrons. The maximum atomic E-state index is 10.6. The summed E-state index contributed by atoms with van der Waals surface area (Å²) in [6, 6.07) is 4.49. The Morgan fingerprint density at radius 2 is 1.79 bits per heavy atom. The van der Waals surface area contributed by atoms with Gasteiger partial charge in [-0.1, -0.05) is 24.1 Å².